The van der Waals surface area contributed by atoms with Gasteiger partial charge in [-0.05, 0) is 37.0 Å². The van der Waals surface area contributed by atoms with E-state index in [0.717, 1.165) is 25.0 Å². The molecule has 1 saturated heterocycles. The average Bonchev–Trinajstić information content (AvgIpc) is 2.70. The molecule has 0 saturated carbocycles. The van der Waals surface area contributed by atoms with Crippen LogP contribution in [0.15, 0.2) is 72.4 Å². The van der Waals surface area contributed by atoms with Crippen LogP contribution >= 0.6 is 0 Å². The van der Waals surface area contributed by atoms with Crippen molar-refractivity contribution >= 4 is 11.9 Å². The van der Waals surface area contributed by atoms with Gasteiger partial charge in [-0.15, -0.1) is 0 Å². The molecule has 1 heterocycles. The van der Waals surface area contributed by atoms with Crippen molar-refractivity contribution in [3.63, 3.8) is 0 Å². The zero-order valence-electron chi connectivity index (χ0n) is 15.1. The molecule has 27 heavy (non-hydrogen) atoms. The van der Waals surface area contributed by atoms with Crippen molar-refractivity contribution in [2.45, 2.75) is 31.8 Å². The fraction of sp³-hybridized carbons (Fsp3) is 0.304. The first-order valence-corrected chi connectivity index (χ1v) is 9.50. The molecule has 0 aromatic heterocycles. The number of fused-ring (bicyclic) bond motifs is 1. The Labute approximate surface area is 159 Å². The van der Waals surface area contributed by atoms with E-state index in [1.807, 2.05) is 42.5 Å². The molecule has 3 atom stereocenters. The summed E-state index contributed by atoms with van der Waals surface area (Å²) in [5.74, 6) is 0.0103. The number of rotatable bonds is 4. The number of hydrogen-bond acceptors (Lipinski definition) is 3. The number of ether oxygens (including phenoxy) is 1. The summed E-state index contributed by atoms with van der Waals surface area (Å²) in [5.41, 5.74) is 2.75. The normalized spacial score (nSPS) is 24.4. The van der Waals surface area contributed by atoms with Gasteiger partial charge in [0.15, 0.2) is 0 Å². The van der Waals surface area contributed by atoms with E-state index in [-0.39, 0.29) is 29.8 Å². The highest BCUT2D eigenvalue weighted by molar-refractivity contribution is 5.89. The molecule has 4 rings (SSSR count). The summed E-state index contributed by atoms with van der Waals surface area (Å²) in [5, 5.41) is 3.08. The number of carbonyl (C=O) groups is 2. The Morgan fingerprint density at radius 1 is 1.00 bits per heavy atom. The predicted molar refractivity (Wildman–Crippen MR) is 103 cm³/mol. The van der Waals surface area contributed by atoms with Crippen LogP contribution in [0.5, 0.6) is 0 Å². The third-order valence-corrected chi connectivity index (χ3v) is 5.40. The van der Waals surface area contributed by atoms with Crippen LogP contribution in [0.1, 0.15) is 35.2 Å². The number of amides is 1. The largest absolute Gasteiger partial charge is 0.458 e. The Morgan fingerprint density at radius 3 is 2.44 bits per heavy atom. The second kappa shape index (κ2) is 7.78. The van der Waals surface area contributed by atoms with Crippen LogP contribution in [0.2, 0.25) is 0 Å². The van der Waals surface area contributed by atoms with E-state index in [0.29, 0.717) is 12.0 Å². The summed E-state index contributed by atoms with van der Waals surface area (Å²) in [4.78, 5) is 24.8. The number of nitrogens with one attached hydrogen (secondary N) is 1. The summed E-state index contributed by atoms with van der Waals surface area (Å²) >= 11 is 0. The molecule has 0 spiro atoms. The maximum atomic E-state index is 12.5. The van der Waals surface area contributed by atoms with Gasteiger partial charge in [0.1, 0.15) is 6.10 Å². The minimum Gasteiger partial charge on any atom is -0.458 e. The van der Waals surface area contributed by atoms with Crippen LogP contribution in [-0.2, 0) is 16.0 Å². The molecule has 0 radical (unpaired) electrons. The molecule has 2 aliphatic rings. The van der Waals surface area contributed by atoms with Crippen LogP contribution in [0.3, 0.4) is 0 Å². The van der Waals surface area contributed by atoms with Crippen LogP contribution in [0.25, 0.3) is 0 Å². The molecule has 3 unspecified atom stereocenters. The van der Waals surface area contributed by atoms with Crippen molar-refractivity contribution in [1.82, 2.24) is 5.32 Å². The minimum absolute atomic E-state index is 0.0434. The van der Waals surface area contributed by atoms with Gasteiger partial charge in [-0.1, -0.05) is 54.6 Å². The van der Waals surface area contributed by atoms with Crippen molar-refractivity contribution in [2.24, 2.45) is 11.8 Å². The maximum absolute atomic E-state index is 12.5. The van der Waals surface area contributed by atoms with Gasteiger partial charge in [0.05, 0.1) is 5.56 Å². The highest BCUT2D eigenvalue weighted by Gasteiger charge is 2.36. The number of carbonyl (C=O) groups excluding carboxylic acids is 2. The Morgan fingerprint density at radius 2 is 1.70 bits per heavy atom. The molecular formula is C23H23NO3. The van der Waals surface area contributed by atoms with E-state index < -0.39 is 0 Å². The zero-order valence-corrected chi connectivity index (χ0v) is 15.1. The maximum Gasteiger partial charge on any atom is 0.338 e. The third kappa shape index (κ3) is 4.11. The SMILES string of the molecule is O=C(OC1CC=C2NC(=O)C(Cc3ccccc3)CC2C1)c1ccccc1. The quantitative estimate of drug-likeness (QED) is 0.841. The zero-order chi connectivity index (χ0) is 18.6. The Balaban J connectivity index is 1.40. The van der Waals surface area contributed by atoms with Crippen LogP contribution in [0, 0.1) is 11.8 Å². The van der Waals surface area contributed by atoms with E-state index in [1.54, 1.807) is 12.1 Å². The van der Waals surface area contributed by atoms with Gasteiger partial charge in [-0.3, -0.25) is 4.79 Å². The lowest BCUT2D eigenvalue weighted by Crippen LogP contribution is -2.43. The Bertz CT molecular complexity index is 844. The summed E-state index contributed by atoms with van der Waals surface area (Å²) < 4.78 is 5.71. The van der Waals surface area contributed by atoms with Gasteiger partial charge >= 0.3 is 5.97 Å². The molecule has 0 bridgehead atoms. The summed E-state index contributed by atoms with van der Waals surface area (Å²) in [6.45, 7) is 0. The van der Waals surface area contributed by atoms with E-state index in [2.05, 4.69) is 17.4 Å². The molecule has 2 aromatic rings. The standard InChI is InChI=1S/C23H23NO3/c25-22-19(13-16-7-3-1-4-8-16)14-18-15-20(11-12-21(18)24-22)27-23(26)17-9-5-2-6-10-17/h1-10,12,18-20H,11,13-15H2,(H,24,25). The van der Waals surface area contributed by atoms with Gasteiger partial charge in [-0.25, -0.2) is 4.79 Å². The van der Waals surface area contributed by atoms with E-state index in [4.69, 9.17) is 4.74 Å². The lowest BCUT2D eigenvalue weighted by molar-refractivity contribution is -0.126. The lowest BCUT2D eigenvalue weighted by atomic mass is 9.78. The number of hydrogen-bond donors (Lipinski definition) is 1. The smallest absolute Gasteiger partial charge is 0.338 e. The Kier molecular flexibility index (Phi) is 5.05. The van der Waals surface area contributed by atoms with Gasteiger partial charge in [0.25, 0.3) is 0 Å². The highest BCUT2D eigenvalue weighted by atomic mass is 16.5. The monoisotopic (exact) mass is 361 g/mol. The summed E-state index contributed by atoms with van der Waals surface area (Å²) in [7, 11) is 0. The minimum atomic E-state index is -0.280. The summed E-state index contributed by atoms with van der Waals surface area (Å²) in [6.07, 6.45) is 4.83. The number of benzene rings is 2. The molecule has 2 aromatic carbocycles. The number of allylic oxidation sites excluding steroid dienone is 1. The average molecular weight is 361 g/mol. The second-order valence-electron chi connectivity index (χ2n) is 7.33. The van der Waals surface area contributed by atoms with Gasteiger partial charge in [-0.2, -0.15) is 0 Å². The number of piperidine rings is 1. The van der Waals surface area contributed by atoms with Crippen LogP contribution < -0.4 is 5.32 Å². The molecule has 1 amide bonds. The van der Waals surface area contributed by atoms with Gasteiger partial charge < -0.3 is 10.1 Å². The predicted octanol–water partition coefficient (Wildman–Crippen LogP) is 3.88. The molecule has 1 aliphatic carbocycles. The lowest BCUT2D eigenvalue weighted by Gasteiger charge is -2.36. The van der Waals surface area contributed by atoms with Crippen molar-refractivity contribution in [2.75, 3.05) is 0 Å². The van der Waals surface area contributed by atoms with Crippen molar-refractivity contribution in [3.05, 3.63) is 83.6 Å². The van der Waals surface area contributed by atoms with E-state index in [9.17, 15) is 9.59 Å². The first-order valence-electron chi connectivity index (χ1n) is 9.50. The van der Waals surface area contributed by atoms with E-state index >= 15 is 0 Å². The molecule has 1 N–H and O–H groups in total. The van der Waals surface area contributed by atoms with Crippen molar-refractivity contribution < 1.29 is 14.3 Å². The summed E-state index contributed by atoms with van der Waals surface area (Å²) in [6, 6.07) is 19.2. The molecule has 1 aliphatic heterocycles. The van der Waals surface area contributed by atoms with Crippen LogP contribution in [0.4, 0.5) is 0 Å². The second-order valence-corrected chi connectivity index (χ2v) is 7.33. The molecule has 4 nitrogen and oxygen atoms in total. The van der Waals surface area contributed by atoms with Gasteiger partial charge in [0, 0.05) is 24.0 Å². The Hall–Kier alpha value is -2.88. The fourth-order valence-electron chi connectivity index (χ4n) is 4.00. The topological polar surface area (TPSA) is 55.4 Å². The van der Waals surface area contributed by atoms with Crippen molar-refractivity contribution in [1.29, 1.82) is 0 Å². The fourth-order valence-corrected chi connectivity index (χ4v) is 4.00. The van der Waals surface area contributed by atoms with E-state index in [1.165, 1.54) is 5.56 Å². The first kappa shape index (κ1) is 17.5. The van der Waals surface area contributed by atoms with Crippen LogP contribution in [-0.4, -0.2) is 18.0 Å². The number of esters is 1. The van der Waals surface area contributed by atoms with Crippen molar-refractivity contribution in [3.8, 4) is 0 Å². The molecule has 1 fully saturated rings. The third-order valence-electron chi connectivity index (χ3n) is 5.40. The molecule has 4 heteroatoms. The van der Waals surface area contributed by atoms with Gasteiger partial charge in [0.2, 0.25) is 5.91 Å². The molecule has 138 valence electrons. The molecular weight excluding hydrogens is 338 g/mol. The highest BCUT2D eigenvalue weighted by Crippen LogP contribution is 2.35. The first-order chi connectivity index (χ1) is 13.2.